The quantitative estimate of drug-likeness (QED) is 0.798. The summed E-state index contributed by atoms with van der Waals surface area (Å²) in [5, 5.41) is 0. The zero-order valence-corrected chi connectivity index (χ0v) is 12.4. The third kappa shape index (κ3) is 3.97. The molecule has 4 nitrogen and oxygen atoms in total. The molecule has 4 heteroatoms. The van der Waals surface area contributed by atoms with Gasteiger partial charge in [0.2, 0.25) is 0 Å². The van der Waals surface area contributed by atoms with Gasteiger partial charge in [0.05, 0.1) is 20.2 Å². The summed E-state index contributed by atoms with van der Waals surface area (Å²) in [4.78, 5) is 13.0. The molecular weight excluding hydrogens is 254 g/mol. The van der Waals surface area contributed by atoms with Crippen LogP contribution in [0, 0.1) is 0 Å². The molecule has 1 aromatic carbocycles. The molecule has 0 atom stereocenters. The number of ketones is 1. The Kier molecular flexibility index (Phi) is 5.41. The Morgan fingerprint density at radius 1 is 1.20 bits per heavy atom. The predicted molar refractivity (Wildman–Crippen MR) is 77.9 cm³/mol. The number of hydrogen-bond acceptors (Lipinski definition) is 3. The molecule has 1 N–H and O–H groups in total. The van der Waals surface area contributed by atoms with Crippen LogP contribution in [0.25, 0.3) is 0 Å². The van der Waals surface area contributed by atoms with Gasteiger partial charge in [0.15, 0.2) is 17.3 Å². The Balaban J connectivity index is 1.89. The number of ether oxygens (including phenoxy) is 2. The van der Waals surface area contributed by atoms with E-state index >= 15 is 0 Å². The average molecular weight is 278 g/mol. The van der Waals surface area contributed by atoms with Gasteiger partial charge in [-0.05, 0) is 44.4 Å². The van der Waals surface area contributed by atoms with Crippen LogP contribution in [0.5, 0.6) is 11.5 Å². The fraction of sp³-hybridized carbons (Fsp3) is 0.562. The maximum absolute atomic E-state index is 11.3. The molecule has 1 aliphatic rings. The van der Waals surface area contributed by atoms with Gasteiger partial charge >= 0.3 is 0 Å². The number of likely N-dealkylation sites (tertiary alicyclic amines) is 1. The molecule has 1 fully saturated rings. The van der Waals surface area contributed by atoms with Crippen molar-refractivity contribution in [2.24, 2.45) is 0 Å². The zero-order valence-electron chi connectivity index (χ0n) is 12.4. The van der Waals surface area contributed by atoms with Crippen molar-refractivity contribution in [3.05, 3.63) is 23.8 Å². The highest BCUT2D eigenvalue weighted by atomic mass is 16.5. The van der Waals surface area contributed by atoms with Crippen LogP contribution in [0.4, 0.5) is 0 Å². The van der Waals surface area contributed by atoms with E-state index in [1.807, 2.05) is 6.07 Å². The number of benzene rings is 1. The van der Waals surface area contributed by atoms with Gasteiger partial charge in [0.1, 0.15) is 13.2 Å². The molecule has 0 bridgehead atoms. The lowest BCUT2D eigenvalue weighted by Crippen LogP contribution is -3.13. The van der Waals surface area contributed by atoms with Crippen LogP contribution >= 0.6 is 0 Å². The molecule has 0 aromatic heterocycles. The number of carbonyl (C=O) groups excluding carboxylic acids is 1. The first-order chi connectivity index (χ1) is 9.70. The van der Waals surface area contributed by atoms with Crippen molar-refractivity contribution in [1.29, 1.82) is 0 Å². The molecule has 0 aliphatic carbocycles. The van der Waals surface area contributed by atoms with Gasteiger partial charge < -0.3 is 14.4 Å². The number of carbonyl (C=O) groups is 1. The second-order valence-corrected chi connectivity index (χ2v) is 5.33. The van der Waals surface area contributed by atoms with Crippen molar-refractivity contribution in [3.8, 4) is 11.5 Å². The molecular formula is C16H24NO3+. The van der Waals surface area contributed by atoms with Gasteiger partial charge in [0.25, 0.3) is 0 Å². The van der Waals surface area contributed by atoms with Crippen LogP contribution in [0.1, 0.15) is 36.5 Å². The summed E-state index contributed by atoms with van der Waals surface area (Å²) in [5.41, 5.74) is 0.649. The first-order valence-electron chi connectivity index (χ1n) is 7.36. The Labute approximate surface area is 120 Å². The first-order valence-corrected chi connectivity index (χ1v) is 7.36. The van der Waals surface area contributed by atoms with Crippen molar-refractivity contribution < 1.29 is 19.2 Å². The molecule has 1 aromatic rings. The van der Waals surface area contributed by atoms with E-state index in [-0.39, 0.29) is 5.78 Å². The molecule has 1 heterocycles. The van der Waals surface area contributed by atoms with Crippen LogP contribution in [-0.2, 0) is 0 Å². The Bertz CT molecular complexity index is 453. The predicted octanol–water partition coefficient (Wildman–Crippen LogP) is 1.35. The normalized spacial score (nSPS) is 15.9. The standard InChI is InChI=1S/C16H23NO3/c1-13(18)14-6-7-15(16(12-14)19-2)20-11-10-17-8-4-3-5-9-17/h6-7,12H,3-5,8-11H2,1-2H3/p+1. The lowest BCUT2D eigenvalue weighted by Gasteiger charge is -2.23. The highest BCUT2D eigenvalue weighted by Gasteiger charge is 2.14. The van der Waals surface area contributed by atoms with E-state index in [1.54, 1.807) is 31.1 Å². The molecule has 0 saturated carbocycles. The van der Waals surface area contributed by atoms with Crippen LogP contribution in [-0.4, -0.2) is 39.1 Å². The van der Waals surface area contributed by atoms with E-state index < -0.39 is 0 Å². The minimum Gasteiger partial charge on any atom is -0.493 e. The molecule has 1 aliphatic heterocycles. The Morgan fingerprint density at radius 3 is 2.60 bits per heavy atom. The topological polar surface area (TPSA) is 40.0 Å². The maximum atomic E-state index is 11.3. The second kappa shape index (κ2) is 7.29. The highest BCUT2D eigenvalue weighted by molar-refractivity contribution is 5.94. The van der Waals surface area contributed by atoms with Crippen LogP contribution < -0.4 is 14.4 Å². The Morgan fingerprint density at radius 2 is 1.95 bits per heavy atom. The van der Waals surface area contributed by atoms with Gasteiger partial charge in [-0.15, -0.1) is 0 Å². The van der Waals surface area contributed by atoms with Crippen molar-refractivity contribution >= 4 is 5.78 Å². The molecule has 1 saturated heterocycles. The fourth-order valence-corrected chi connectivity index (χ4v) is 2.61. The fourth-order valence-electron chi connectivity index (χ4n) is 2.61. The van der Waals surface area contributed by atoms with Crippen molar-refractivity contribution in [3.63, 3.8) is 0 Å². The average Bonchev–Trinajstić information content (AvgIpc) is 2.48. The van der Waals surface area contributed by atoms with Crippen LogP contribution in [0.2, 0.25) is 0 Å². The number of nitrogens with one attached hydrogen (secondary N) is 1. The summed E-state index contributed by atoms with van der Waals surface area (Å²) in [6.45, 7) is 5.77. The maximum Gasteiger partial charge on any atom is 0.161 e. The number of Topliss-reactive ketones (excluding diaryl/α,β-unsaturated/α-hetero) is 1. The molecule has 0 spiro atoms. The largest absolute Gasteiger partial charge is 0.493 e. The number of piperidine rings is 1. The first kappa shape index (κ1) is 14.9. The summed E-state index contributed by atoms with van der Waals surface area (Å²) in [6.07, 6.45) is 4.02. The number of hydrogen-bond donors (Lipinski definition) is 1. The van der Waals surface area contributed by atoms with Gasteiger partial charge in [-0.1, -0.05) is 0 Å². The Hall–Kier alpha value is -1.55. The van der Waals surface area contributed by atoms with E-state index in [1.165, 1.54) is 32.4 Å². The molecule has 0 amide bonds. The molecule has 0 radical (unpaired) electrons. The van der Waals surface area contributed by atoms with Crippen molar-refractivity contribution in [2.45, 2.75) is 26.2 Å². The van der Waals surface area contributed by atoms with Gasteiger partial charge in [-0.25, -0.2) is 0 Å². The SMILES string of the molecule is COc1cc(C(C)=O)ccc1OCC[NH+]1CCCCC1. The summed E-state index contributed by atoms with van der Waals surface area (Å²) < 4.78 is 11.1. The zero-order chi connectivity index (χ0) is 14.4. The van der Waals surface area contributed by atoms with Gasteiger partial charge in [0, 0.05) is 5.56 Å². The van der Waals surface area contributed by atoms with Gasteiger partial charge in [-0.3, -0.25) is 4.79 Å². The molecule has 2 rings (SSSR count). The molecule has 20 heavy (non-hydrogen) atoms. The minimum absolute atomic E-state index is 0.0348. The van der Waals surface area contributed by atoms with Crippen LogP contribution in [0.3, 0.4) is 0 Å². The monoisotopic (exact) mass is 278 g/mol. The van der Waals surface area contributed by atoms with E-state index in [4.69, 9.17) is 9.47 Å². The lowest BCUT2D eigenvalue weighted by molar-refractivity contribution is -0.904. The smallest absolute Gasteiger partial charge is 0.161 e. The summed E-state index contributed by atoms with van der Waals surface area (Å²) in [7, 11) is 1.60. The lowest BCUT2D eigenvalue weighted by atomic mass is 10.1. The summed E-state index contributed by atoms with van der Waals surface area (Å²) in [5.74, 6) is 1.38. The van der Waals surface area contributed by atoms with E-state index in [9.17, 15) is 4.79 Å². The number of quaternary nitrogens is 1. The minimum atomic E-state index is 0.0348. The third-order valence-electron chi connectivity index (χ3n) is 3.84. The van der Waals surface area contributed by atoms with Crippen molar-refractivity contribution in [1.82, 2.24) is 0 Å². The summed E-state index contributed by atoms with van der Waals surface area (Å²) in [6, 6.07) is 5.35. The van der Waals surface area contributed by atoms with E-state index in [0.717, 1.165) is 6.54 Å². The second-order valence-electron chi connectivity index (χ2n) is 5.33. The number of rotatable bonds is 6. The summed E-state index contributed by atoms with van der Waals surface area (Å²) >= 11 is 0. The highest BCUT2D eigenvalue weighted by Crippen LogP contribution is 2.28. The van der Waals surface area contributed by atoms with E-state index in [2.05, 4.69) is 0 Å². The van der Waals surface area contributed by atoms with Crippen LogP contribution in [0.15, 0.2) is 18.2 Å². The van der Waals surface area contributed by atoms with Gasteiger partial charge in [-0.2, -0.15) is 0 Å². The number of methoxy groups -OCH3 is 1. The third-order valence-corrected chi connectivity index (χ3v) is 3.84. The van der Waals surface area contributed by atoms with Crippen molar-refractivity contribution in [2.75, 3.05) is 33.4 Å². The molecule has 0 unspecified atom stereocenters. The van der Waals surface area contributed by atoms with E-state index in [0.29, 0.717) is 23.7 Å². The molecule has 110 valence electrons.